The molecule has 1 amide bonds. The van der Waals surface area contributed by atoms with E-state index in [9.17, 15) is 4.79 Å². The molecule has 5 heteroatoms. The lowest BCUT2D eigenvalue weighted by Gasteiger charge is -2.11. The predicted molar refractivity (Wildman–Crippen MR) is 81.6 cm³/mol. The first-order valence-electron chi connectivity index (χ1n) is 6.18. The van der Waals surface area contributed by atoms with Crippen molar-refractivity contribution in [2.45, 2.75) is 6.04 Å². The van der Waals surface area contributed by atoms with Crippen LogP contribution in [0.15, 0.2) is 54.2 Å². The Bertz CT molecular complexity index is 740. The summed E-state index contributed by atoms with van der Waals surface area (Å²) < 4.78 is 0. The number of rotatable bonds is 3. The highest BCUT2D eigenvalue weighted by Crippen LogP contribution is 2.21. The van der Waals surface area contributed by atoms with Crippen LogP contribution < -0.4 is 11.1 Å². The van der Waals surface area contributed by atoms with Crippen LogP contribution in [0.25, 0.3) is 10.8 Å². The van der Waals surface area contributed by atoms with E-state index in [4.69, 9.17) is 5.73 Å². The highest BCUT2D eigenvalue weighted by molar-refractivity contribution is 7.10. The minimum absolute atomic E-state index is 0.212. The van der Waals surface area contributed by atoms with E-state index in [1.165, 1.54) is 11.3 Å². The standard InChI is InChI=1S/C15H13N3OS/c16-14(13-2-1-7-20-13)15(19)18-12-4-3-10-5-6-17-9-11(10)8-12/h1-9,14H,16H2,(H,18,19)/t14-/m0/s1. The smallest absolute Gasteiger partial charge is 0.246 e. The third-order valence-corrected chi connectivity index (χ3v) is 4.00. The lowest BCUT2D eigenvalue weighted by molar-refractivity contribution is -0.117. The van der Waals surface area contributed by atoms with E-state index >= 15 is 0 Å². The Kier molecular flexibility index (Phi) is 3.45. The number of amides is 1. The van der Waals surface area contributed by atoms with Crippen molar-refractivity contribution in [3.8, 4) is 0 Å². The Hall–Kier alpha value is -2.24. The molecule has 0 aliphatic carbocycles. The predicted octanol–water partition coefficient (Wildman–Crippen LogP) is 2.93. The van der Waals surface area contributed by atoms with Gasteiger partial charge in [0.2, 0.25) is 5.91 Å². The number of pyridine rings is 1. The average molecular weight is 283 g/mol. The van der Waals surface area contributed by atoms with E-state index in [2.05, 4.69) is 10.3 Å². The van der Waals surface area contributed by atoms with Crippen LogP contribution in [0.2, 0.25) is 0 Å². The minimum Gasteiger partial charge on any atom is -0.324 e. The van der Waals surface area contributed by atoms with E-state index in [-0.39, 0.29) is 5.91 Å². The Balaban J connectivity index is 1.80. The van der Waals surface area contributed by atoms with Gasteiger partial charge in [0.15, 0.2) is 0 Å². The molecule has 0 unspecified atom stereocenters. The summed E-state index contributed by atoms with van der Waals surface area (Å²) in [6, 6.07) is 10.7. The molecule has 0 saturated heterocycles. The van der Waals surface area contributed by atoms with Gasteiger partial charge in [-0.25, -0.2) is 0 Å². The maximum Gasteiger partial charge on any atom is 0.246 e. The van der Waals surface area contributed by atoms with Crippen molar-refractivity contribution in [2.24, 2.45) is 5.73 Å². The Labute approximate surface area is 120 Å². The van der Waals surface area contributed by atoms with E-state index in [0.717, 1.165) is 21.3 Å². The molecule has 3 rings (SSSR count). The van der Waals surface area contributed by atoms with Crippen LogP contribution in [0.1, 0.15) is 10.9 Å². The van der Waals surface area contributed by atoms with Crippen molar-refractivity contribution >= 4 is 33.7 Å². The summed E-state index contributed by atoms with van der Waals surface area (Å²) in [5.41, 5.74) is 6.65. The number of fused-ring (bicyclic) bond motifs is 1. The van der Waals surface area contributed by atoms with Gasteiger partial charge in [0.05, 0.1) is 0 Å². The molecule has 1 atom stereocenters. The largest absolute Gasteiger partial charge is 0.324 e. The van der Waals surface area contributed by atoms with E-state index in [1.54, 1.807) is 12.4 Å². The van der Waals surface area contributed by atoms with Gasteiger partial charge in [0.1, 0.15) is 6.04 Å². The molecule has 0 spiro atoms. The molecule has 100 valence electrons. The second-order valence-electron chi connectivity index (χ2n) is 4.42. The first kappa shape index (κ1) is 12.8. The molecule has 0 bridgehead atoms. The SMILES string of the molecule is N[C@H](C(=O)Nc1ccc2ccncc2c1)c1cccs1. The van der Waals surface area contributed by atoms with Gasteiger partial charge in [-0.05, 0) is 35.0 Å². The zero-order valence-corrected chi connectivity index (χ0v) is 11.4. The molecule has 4 nitrogen and oxygen atoms in total. The summed E-state index contributed by atoms with van der Waals surface area (Å²) >= 11 is 1.48. The topological polar surface area (TPSA) is 68.0 Å². The molecule has 2 aromatic heterocycles. The Morgan fingerprint density at radius 3 is 2.95 bits per heavy atom. The molecular weight excluding hydrogens is 270 g/mol. The van der Waals surface area contributed by atoms with E-state index < -0.39 is 6.04 Å². The maximum atomic E-state index is 12.1. The van der Waals surface area contributed by atoms with E-state index in [1.807, 2.05) is 41.8 Å². The zero-order valence-electron chi connectivity index (χ0n) is 10.6. The highest BCUT2D eigenvalue weighted by atomic mass is 32.1. The number of carbonyl (C=O) groups is 1. The third-order valence-electron chi connectivity index (χ3n) is 3.04. The number of thiophene rings is 1. The van der Waals surface area contributed by atoms with Gasteiger partial charge in [0.25, 0.3) is 0 Å². The zero-order chi connectivity index (χ0) is 13.9. The van der Waals surface area contributed by atoms with Crippen LogP contribution in [-0.2, 0) is 4.79 Å². The number of hydrogen-bond acceptors (Lipinski definition) is 4. The molecule has 20 heavy (non-hydrogen) atoms. The van der Waals surface area contributed by atoms with Crippen molar-refractivity contribution in [3.05, 3.63) is 59.0 Å². The normalized spacial score (nSPS) is 12.2. The summed E-state index contributed by atoms with van der Waals surface area (Å²) in [5.74, 6) is -0.212. The fraction of sp³-hybridized carbons (Fsp3) is 0.0667. The van der Waals surface area contributed by atoms with Gasteiger partial charge in [-0.1, -0.05) is 12.1 Å². The number of hydrogen-bond donors (Lipinski definition) is 2. The Morgan fingerprint density at radius 1 is 1.25 bits per heavy atom. The van der Waals surface area contributed by atoms with Gasteiger partial charge in [-0.15, -0.1) is 11.3 Å². The minimum atomic E-state index is -0.639. The number of nitrogens with two attached hydrogens (primary N) is 1. The lowest BCUT2D eigenvalue weighted by atomic mass is 10.1. The van der Waals surface area contributed by atoms with Gasteiger partial charge in [-0.3, -0.25) is 9.78 Å². The monoisotopic (exact) mass is 283 g/mol. The number of benzene rings is 1. The van der Waals surface area contributed by atoms with Gasteiger partial charge < -0.3 is 11.1 Å². The molecular formula is C15H13N3OS. The molecule has 3 N–H and O–H groups in total. The number of nitrogens with one attached hydrogen (secondary N) is 1. The van der Waals surface area contributed by atoms with Gasteiger partial charge >= 0.3 is 0 Å². The van der Waals surface area contributed by atoms with Crippen molar-refractivity contribution in [2.75, 3.05) is 5.32 Å². The number of carbonyl (C=O) groups excluding carboxylic acids is 1. The van der Waals surface area contributed by atoms with Gasteiger partial charge in [0, 0.05) is 28.3 Å². The highest BCUT2D eigenvalue weighted by Gasteiger charge is 2.16. The van der Waals surface area contributed by atoms with Crippen LogP contribution in [0, 0.1) is 0 Å². The molecule has 0 aliphatic heterocycles. The summed E-state index contributed by atoms with van der Waals surface area (Å²) in [5, 5.41) is 6.81. The van der Waals surface area contributed by atoms with Crippen molar-refractivity contribution in [1.29, 1.82) is 0 Å². The van der Waals surface area contributed by atoms with Crippen LogP contribution in [0.4, 0.5) is 5.69 Å². The summed E-state index contributed by atoms with van der Waals surface area (Å²) in [6.45, 7) is 0. The number of nitrogens with zero attached hydrogens (tertiary/aromatic N) is 1. The van der Waals surface area contributed by atoms with E-state index in [0.29, 0.717) is 0 Å². The molecule has 0 radical (unpaired) electrons. The lowest BCUT2D eigenvalue weighted by Crippen LogP contribution is -2.26. The Morgan fingerprint density at radius 2 is 2.15 bits per heavy atom. The summed E-state index contributed by atoms with van der Waals surface area (Å²) in [7, 11) is 0. The molecule has 2 heterocycles. The first-order valence-corrected chi connectivity index (χ1v) is 7.05. The van der Waals surface area contributed by atoms with Crippen LogP contribution in [0.3, 0.4) is 0 Å². The second kappa shape index (κ2) is 5.40. The summed E-state index contributed by atoms with van der Waals surface area (Å²) in [4.78, 5) is 17.0. The van der Waals surface area contributed by atoms with Crippen molar-refractivity contribution in [3.63, 3.8) is 0 Å². The molecule has 0 fully saturated rings. The van der Waals surface area contributed by atoms with Crippen molar-refractivity contribution in [1.82, 2.24) is 4.98 Å². The van der Waals surface area contributed by atoms with Crippen LogP contribution in [0.5, 0.6) is 0 Å². The maximum absolute atomic E-state index is 12.1. The average Bonchev–Trinajstić information content (AvgIpc) is 3.00. The van der Waals surface area contributed by atoms with Crippen LogP contribution in [-0.4, -0.2) is 10.9 Å². The van der Waals surface area contributed by atoms with Crippen molar-refractivity contribution < 1.29 is 4.79 Å². The molecule has 0 aliphatic rings. The molecule has 1 aromatic carbocycles. The molecule has 0 saturated carbocycles. The second-order valence-corrected chi connectivity index (χ2v) is 5.40. The fourth-order valence-electron chi connectivity index (χ4n) is 1.98. The van der Waals surface area contributed by atoms with Gasteiger partial charge in [-0.2, -0.15) is 0 Å². The fourth-order valence-corrected chi connectivity index (χ4v) is 2.71. The third kappa shape index (κ3) is 2.54. The van der Waals surface area contributed by atoms with Crippen LogP contribution >= 0.6 is 11.3 Å². The first-order chi connectivity index (χ1) is 9.74. The number of anilines is 1. The molecule has 3 aromatic rings. The quantitative estimate of drug-likeness (QED) is 0.776. The summed E-state index contributed by atoms with van der Waals surface area (Å²) in [6.07, 6.45) is 3.51. The number of aromatic nitrogens is 1.